The highest BCUT2D eigenvalue weighted by Crippen LogP contribution is 2.19. The molecule has 1 atom stereocenters. The molecule has 0 aliphatic rings. The normalized spacial score (nSPS) is 12.8. The maximum absolute atomic E-state index is 5.93. The summed E-state index contributed by atoms with van der Waals surface area (Å²) < 4.78 is 0. The highest BCUT2D eigenvalue weighted by molar-refractivity contribution is 7.07. The number of benzene rings is 1. The first-order chi connectivity index (χ1) is 9.69. The molecule has 1 unspecified atom stereocenters. The lowest BCUT2D eigenvalue weighted by Crippen LogP contribution is -2.25. The van der Waals surface area contributed by atoms with Crippen LogP contribution in [0.15, 0.2) is 35.2 Å². The van der Waals surface area contributed by atoms with Gasteiger partial charge in [-0.15, -0.1) is 11.3 Å². The largest absolute Gasteiger partial charge is 0.313 e. The van der Waals surface area contributed by atoms with Gasteiger partial charge in [-0.2, -0.15) is 0 Å². The molecule has 0 saturated heterocycles. The molecule has 0 spiro atoms. The van der Waals surface area contributed by atoms with Crippen LogP contribution in [-0.2, 0) is 6.54 Å². The van der Waals surface area contributed by atoms with Gasteiger partial charge in [0, 0.05) is 29.5 Å². The van der Waals surface area contributed by atoms with E-state index in [4.69, 9.17) is 11.6 Å². The zero-order chi connectivity index (χ0) is 14.4. The van der Waals surface area contributed by atoms with Crippen LogP contribution in [0.25, 0.3) is 0 Å². The number of aromatic nitrogens is 1. The van der Waals surface area contributed by atoms with Crippen molar-refractivity contribution in [1.29, 1.82) is 0 Å². The third-order valence-electron chi connectivity index (χ3n) is 3.34. The van der Waals surface area contributed by atoms with E-state index in [0.717, 1.165) is 30.2 Å². The summed E-state index contributed by atoms with van der Waals surface area (Å²) in [6, 6.07) is 8.42. The molecule has 0 bridgehead atoms. The summed E-state index contributed by atoms with van der Waals surface area (Å²) >= 11 is 7.58. The first-order valence-corrected chi connectivity index (χ1v) is 7.99. The molecule has 108 valence electrons. The topological polar surface area (TPSA) is 28.2 Å². The molecule has 20 heavy (non-hydrogen) atoms. The Hall–Kier alpha value is -0.940. The molecule has 0 aliphatic carbocycles. The van der Waals surface area contributed by atoms with Crippen LogP contribution in [0.3, 0.4) is 0 Å². The summed E-state index contributed by atoms with van der Waals surface area (Å²) in [6.07, 6.45) is 1.05. The third kappa shape index (κ3) is 4.56. The van der Waals surface area contributed by atoms with E-state index in [1.165, 1.54) is 5.56 Å². The monoisotopic (exact) mass is 309 g/mol. The van der Waals surface area contributed by atoms with Gasteiger partial charge in [-0.25, -0.2) is 4.98 Å². The molecule has 0 aliphatic heterocycles. The molecule has 1 aromatic carbocycles. The highest BCUT2D eigenvalue weighted by atomic mass is 35.5. The molecule has 3 nitrogen and oxygen atoms in total. The lowest BCUT2D eigenvalue weighted by atomic mass is 10.0. The Morgan fingerprint density at radius 1 is 1.35 bits per heavy atom. The number of nitrogens with zero attached hydrogens (tertiary/aromatic N) is 2. The van der Waals surface area contributed by atoms with Crippen molar-refractivity contribution >= 4 is 22.9 Å². The summed E-state index contributed by atoms with van der Waals surface area (Å²) in [7, 11) is 4.13. The highest BCUT2D eigenvalue weighted by Gasteiger charge is 2.11. The second-order valence-corrected chi connectivity index (χ2v) is 6.05. The Balaban J connectivity index is 1.85. The van der Waals surface area contributed by atoms with Gasteiger partial charge in [-0.05, 0) is 38.2 Å². The molecule has 1 heterocycles. The SMILES string of the molecule is CNC(CCN(C)Cc1cscn1)c1ccc(Cl)cc1. The van der Waals surface area contributed by atoms with Gasteiger partial charge < -0.3 is 10.2 Å². The summed E-state index contributed by atoms with van der Waals surface area (Å²) in [5, 5.41) is 6.25. The predicted octanol–water partition coefficient (Wildman–Crippen LogP) is 3.58. The van der Waals surface area contributed by atoms with Gasteiger partial charge in [-0.1, -0.05) is 23.7 Å². The van der Waals surface area contributed by atoms with Crippen molar-refractivity contribution in [1.82, 2.24) is 15.2 Å². The molecule has 0 saturated carbocycles. The minimum atomic E-state index is 0.352. The molecule has 0 amide bonds. The number of rotatable bonds is 7. The van der Waals surface area contributed by atoms with Gasteiger partial charge in [0.25, 0.3) is 0 Å². The van der Waals surface area contributed by atoms with Crippen LogP contribution in [0, 0.1) is 0 Å². The summed E-state index contributed by atoms with van der Waals surface area (Å²) in [5.41, 5.74) is 4.30. The maximum Gasteiger partial charge on any atom is 0.0795 e. The Kier molecular flexibility index (Phi) is 5.98. The molecular formula is C15H20ClN3S. The van der Waals surface area contributed by atoms with Crippen LogP contribution in [0.1, 0.15) is 23.7 Å². The molecular weight excluding hydrogens is 290 g/mol. The van der Waals surface area contributed by atoms with E-state index in [9.17, 15) is 0 Å². The molecule has 0 radical (unpaired) electrons. The van der Waals surface area contributed by atoms with E-state index in [1.54, 1.807) is 11.3 Å². The smallest absolute Gasteiger partial charge is 0.0795 e. The Labute approximate surface area is 129 Å². The molecule has 1 aromatic heterocycles. The molecule has 2 rings (SSSR count). The first-order valence-electron chi connectivity index (χ1n) is 6.67. The zero-order valence-electron chi connectivity index (χ0n) is 11.8. The van der Waals surface area contributed by atoms with Crippen molar-refractivity contribution in [2.45, 2.75) is 19.0 Å². The minimum absolute atomic E-state index is 0.352. The second-order valence-electron chi connectivity index (χ2n) is 4.90. The molecule has 1 N–H and O–H groups in total. The van der Waals surface area contributed by atoms with Gasteiger partial charge in [-0.3, -0.25) is 0 Å². The number of halogens is 1. The van der Waals surface area contributed by atoms with Crippen molar-refractivity contribution in [2.24, 2.45) is 0 Å². The fraction of sp³-hybridized carbons (Fsp3) is 0.400. The Bertz CT molecular complexity index is 498. The second kappa shape index (κ2) is 7.74. The Morgan fingerprint density at radius 3 is 2.70 bits per heavy atom. The van der Waals surface area contributed by atoms with Crippen LogP contribution >= 0.6 is 22.9 Å². The fourth-order valence-corrected chi connectivity index (χ4v) is 2.87. The molecule has 0 fully saturated rings. The molecule has 5 heteroatoms. The zero-order valence-corrected chi connectivity index (χ0v) is 13.4. The van der Waals surface area contributed by atoms with E-state index < -0.39 is 0 Å². The van der Waals surface area contributed by atoms with Gasteiger partial charge in [0.15, 0.2) is 0 Å². The van der Waals surface area contributed by atoms with Crippen LogP contribution in [0.2, 0.25) is 5.02 Å². The minimum Gasteiger partial charge on any atom is -0.313 e. The summed E-state index contributed by atoms with van der Waals surface area (Å²) in [6.45, 7) is 1.92. The van der Waals surface area contributed by atoms with E-state index in [1.807, 2.05) is 24.7 Å². The van der Waals surface area contributed by atoms with Crippen molar-refractivity contribution in [3.05, 3.63) is 51.4 Å². The summed E-state index contributed by atoms with van der Waals surface area (Å²) in [4.78, 5) is 6.62. The van der Waals surface area contributed by atoms with Gasteiger partial charge in [0.1, 0.15) is 0 Å². The first kappa shape index (κ1) is 15.4. The number of hydrogen-bond acceptors (Lipinski definition) is 4. The van der Waals surface area contributed by atoms with E-state index >= 15 is 0 Å². The van der Waals surface area contributed by atoms with Crippen molar-refractivity contribution in [3.63, 3.8) is 0 Å². The summed E-state index contributed by atoms with van der Waals surface area (Å²) in [5.74, 6) is 0. The molecule has 2 aromatic rings. The van der Waals surface area contributed by atoms with Gasteiger partial charge >= 0.3 is 0 Å². The van der Waals surface area contributed by atoms with E-state index in [-0.39, 0.29) is 0 Å². The third-order valence-corrected chi connectivity index (χ3v) is 4.22. The standard InChI is InChI=1S/C15H20ClN3S/c1-17-15(12-3-5-13(16)6-4-12)7-8-19(2)9-14-10-20-11-18-14/h3-6,10-11,15,17H,7-9H2,1-2H3. The predicted molar refractivity (Wildman–Crippen MR) is 86.3 cm³/mol. The van der Waals surface area contributed by atoms with E-state index in [0.29, 0.717) is 6.04 Å². The number of hydrogen-bond donors (Lipinski definition) is 1. The Morgan fingerprint density at radius 2 is 2.10 bits per heavy atom. The number of thiazole rings is 1. The van der Waals surface area contributed by atoms with Crippen molar-refractivity contribution in [3.8, 4) is 0 Å². The van der Waals surface area contributed by atoms with Crippen molar-refractivity contribution in [2.75, 3.05) is 20.6 Å². The average molecular weight is 310 g/mol. The quantitative estimate of drug-likeness (QED) is 0.847. The van der Waals surface area contributed by atoms with Gasteiger partial charge in [0.2, 0.25) is 0 Å². The van der Waals surface area contributed by atoms with Gasteiger partial charge in [0.05, 0.1) is 11.2 Å². The van der Waals surface area contributed by atoms with Crippen LogP contribution in [0.5, 0.6) is 0 Å². The van der Waals surface area contributed by atoms with Crippen LogP contribution in [-0.4, -0.2) is 30.5 Å². The lowest BCUT2D eigenvalue weighted by molar-refractivity contribution is 0.301. The van der Waals surface area contributed by atoms with Crippen molar-refractivity contribution < 1.29 is 0 Å². The van der Waals surface area contributed by atoms with Crippen LogP contribution < -0.4 is 5.32 Å². The average Bonchev–Trinajstić information content (AvgIpc) is 2.94. The van der Waals surface area contributed by atoms with E-state index in [2.05, 4.69) is 39.8 Å². The number of nitrogens with one attached hydrogen (secondary N) is 1. The fourth-order valence-electron chi connectivity index (χ4n) is 2.19. The lowest BCUT2D eigenvalue weighted by Gasteiger charge is -2.21. The maximum atomic E-state index is 5.93. The van der Waals surface area contributed by atoms with Crippen LogP contribution in [0.4, 0.5) is 0 Å².